The van der Waals surface area contributed by atoms with Gasteiger partial charge < -0.3 is 10.6 Å². The molecule has 0 aliphatic carbocycles. The van der Waals surface area contributed by atoms with Crippen LogP contribution < -0.4 is 10.6 Å². The molecule has 36 heavy (non-hydrogen) atoms. The fourth-order valence-electron chi connectivity index (χ4n) is 3.67. The van der Waals surface area contributed by atoms with Crippen LogP contribution in [0.3, 0.4) is 0 Å². The number of hydrogen-bond donors (Lipinski definition) is 2. The monoisotopic (exact) mass is 536 g/mol. The maximum atomic E-state index is 14.1. The van der Waals surface area contributed by atoms with Crippen molar-refractivity contribution in [3.8, 4) is 0 Å². The molecule has 0 saturated heterocycles. The van der Waals surface area contributed by atoms with E-state index in [1.807, 2.05) is 0 Å². The molecule has 2 heterocycles. The van der Waals surface area contributed by atoms with Gasteiger partial charge in [-0.2, -0.15) is 23.4 Å². The van der Waals surface area contributed by atoms with Crippen LogP contribution in [0.15, 0.2) is 54.7 Å². The van der Waals surface area contributed by atoms with Crippen molar-refractivity contribution in [3.05, 3.63) is 93.6 Å². The van der Waals surface area contributed by atoms with Gasteiger partial charge in [-0.05, 0) is 55.9 Å². The molecule has 0 spiro atoms. The third-order valence-electron chi connectivity index (χ3n) is 5.47. The van der Waals surface area contributed by atoms with E-state index in [1.54, 1.807) is 42.9 Å². The smallest absolute Gasteiger partial charge is 0.329 e. The summed E-state index contributed by atoms with van der Waals surface area (Å²) >= 11 is 11.5. The zero-order valence-electron chi connectivity index (χ0n) is 19.2. The number of benzene rings is 2. The number of alkyl halides is 3. The SMILES string of the molecule is Cc1nn(Cc2cccc(C(F)(F)F)c2)c(C)c1NC(=S)Nc1ccn(Cc2c(F)cccc2Cl)n1. The Labute approximate surface area is 214 Å². The lowest BCUT2D eigenvalue weighted by molar-refractivity contribution is -0.137. The summed E-state index contributed by atoms with van der Waals surface area (Å²) < 4.78 is 56.3. The van der Waals surface area contributed by atoms with Crippen molar-refractivity contribution in [1.82, 2.24) is 19.6 Å². The molecule has 0 amide bonds. The average Bonchev–Trinajstić information content (AvgIpc) is 3.35. The number of hydrogen-bond acceptors (Lipinski definition) is 3. The van der Waals surface area contributed by atoms with Crippen molar-refractivity contribution in [3.63, 3.8) is 0 Å². The Morgan fingerprint density at radius 1 is 1.03 bits per heavy atom. The maximum absolute atomic E-state index is 14.1. The van der Waals surface area contributed by atoms with Crippen LogP contribution in [0, 0.1) is 19.7 Å². The highest BCUT2D eigenvalue weighted by atomic mass is 35.5. The van der Waals surface area contributed by atoms with E-state index in [4.69, 9.17) is 23.8 Å². The topological polar surface area (TPSA) is 59.7 Å². The minimum absolute atomic E-state index is 0.147. The van der Waals surface area contributed by atoms with Crippen molar-refractivity contribution < 1.29 is 17.6 Å². The van der Waals surface area contributed by atoms with Gasteiger partial charge in [-0.25, -0.2) is 4.39 Å². The van der Waals surface area contributed by atoms with Gasteiger partial charge in [0.15, 0.2) is 10.9 Å². The molecule has 0 fully saturated rings. The summed E-state index contributed by atoms with van der Waals surface area (Å²) in [4.78, 5) is 0. The molecule has 0 atom stereocenters. The molecular formula is C24H21ClF4N6S. The number of thiocarbonyl (C=S) groups is 1. The summed E-state index contributed by atoms with van der Waals surface area (Å²) in [5.41, 5.74) is 2.06. The second kappa shape index (κ2) is 10.3. The summed E-state index contributed by atoms with van der Waals surface area (Å²) in [6, 6.07) is 11.3. The van der Waals surface area contributed by atoms with Gasteiger partial charge in [-0.15, -0.1) is 0 Å². The van der Waals surface area contributed by atoms with Crippen molar-refractivity contribution in [1.29, 1.82) is 0 Å². The van der Waals surface area contributed by atoms with Crippen LogP contribution >= 0.6 is 23.8 Å². The number of halogens is 5. The fourth-order valence-corrected chi connectivity index (χ4v) is 4.10. The number of nitrogens with one attached hydrogen (secondary N) is 2. The summed E-state index contributed by atoms with van der Waals surface area (Å²) in [5.74, 6) is 0.0180. The van der Waals surface area contributed by atoms with Crippen LogP contribution in [-0.4, -0.2) is 24.7 Å². The fraction of sp³-hybridized carbons (Fsp3) is 0.208. The number of aryl methyl sites for hydroxylation is 1. The minimum atomic E-state index is -4.41. The molecule has 4 rings (SSSR count). The molecule has 0 radical (unpaired) electrons. The quantitative estimate of drug-likeness (QED) is 0.220. The van der Waals surface area contributed by atoms with Crippen molar-refractivity contribution in [2.45, 2.75) is 33.1 Å². The average molecular weight is 537 g/mol. The lowest BCUT2D eigenvalue weighted by Crippen LogP contribution is -2.20. The second-order valence-corrected chi connectivity index (χ2v) is 8.89. The lowest BCUT2D eigenvalue weighted by atomic mass is 10.1. The van der Waals surface area contributed by atoms with Crippen LogP contribution in [-0.2, 0) is 19.3 Å². The zero-order valence-corrected chi connectivity index (χ0v) is 20.8. The van der Waals surface area contributed by atoms with Gasteiger partial charge in [0, 0.05) is 22.8 Å². The van der Waals surface area contributed by atoms with E-state index in [0.29, 0.717) is 39.0 Å². The van der Waals surface area contributed by atoms with E-state index in [1.165, 1.54) is 22.9 Å². The molecule has 4 aromatic rings. The van der Waals surface area contributed by atoms with E-state index in [2.05, 4.69) is 20.8 Å². The van der Waals surface area contributed by atoms with Crippen molar-refractivity contribution in [2.24, 2.45) is 0 Å². The summed E-state index contributed by atoms with van der Waals surface area (Å²) in [5, 5.41) is 15.4. The third kappa shape index (κ3) is 5.85. The van der Waals surface area contributed by atoms with E-state index in [-0.39, 0.29) is 18.2 Å². The van der Waals surface area contributed by atoms with Crippen LogP contribution in [0.5, 0.6) is 0 Å². The van der Waals surface area contributed by atoms with E-state index in [9.17, 15) is 17.6 Å². The van der Waals surface area contributed by atoms with Crippen LogP contribution in [0.4, 0.5) is 29.1 Å². The number of nitrogens with zero attached hydrogens (tertiary/aromatic N) is 4. The number of anilines is 2. The highest BCUT2D eigenvalue weighted by molar-refractivity contribution is 7.80. The van der Waals surface area contributed by atoms with E-state index < -0.39 is 17.6 Å². The van der Waals surface area contributed by atoms with Crippen LogP contribution in [0.1, 0.15) is 28.1 Å². The Bertz CT molecular complexity index is 1390. The molecular weight excluding hydrogens is 516 g/mol. The Balaban J connectivity index is 1.42. The van der Waals surface area contributed by atoms with E-state index >= 15 is 0 Å². The van der Waals surface area contributed by atoms with Gasteiger partial charge in [0.25, 0.3) is 0 Å². The molecule has 0 unspecified atom stereocenters. The number of rotatable bonds is 6. The number of aromatic nitrogens is 4. The molecule has 2 aromatic carbocycles. The maximum Gasteiger partial charge on any atom is 0.416 e. The Morgan fingerprint density at radius 2 is 1.78 bits per heavy atom. The zero-order chi connectivity index (χ0) is 26.0. The molecule has 188 valence electrons. The van der Waals surface area contributed by atoms with Gasteiger partial charge in [0.2, 0.25) is 0 Å². The van der Waals surface area contributed by atoms with Crippen molar-refractivity contribution >= 4 is 40.4 Å². The lowest BCUT2D eigenvalue weighted by Gasteiger charge is -2.11. The highest BCUT2D eigenvalue weighted by Gasteiger charge is 2.30. The van der Waals surface area contributed by atoms with Gasteiger partial charge in [-0.1, -0.05) is 29.8 Å². The van der Waals surface area contributed by atoms with Gasteiger partial charge in [0.1, 0.15) is 5.82 Å². The first kappa shape index (κ1) is 25.6. The van der Waals surface area contributed by atoms with Gasteiger partial charge in [0.05, 0.1) is 35.7 Å². The molecule has 2 aromatic heterocycles. The van der Waals surface area contributed by atoms with Gasteiger partial charge >= 0.3 is 6.18 Å². The summed E-state index contributed by atoms with van der Waals surface area (Å²) in [6.45, 7) is 3.88. The van der Waals surface area contributed by atoms with Crippen molar-refractivity contribution in [2.75, 3.05) is 10.6 Å². The molecule has 0 saturated carbocycles. The molecule has 0 bridgehead atoms. The molecule has 0 aliphatic rings. The largest absolute Gasteiger partial charge is 0.416 e. The molecule has 0 aliphatic heterocycles. The molecule has 12 heteroatoms. The minimum Gasteiger partial charge on any atom is -0.329 e. The molecule has 2 N–H and O–H groups in total. The standard InChI is InChI=1S/C24H21ClF4N6S/c1-14-22(15(2)35(32-14)12-16-5-3-6-17(11-16)24(27,28)29)31-23(36)30-21-9-10-34(33-21)13-18-19(25)7-4-8-20(18)26/h3-11H,12-13H2,1-2H3,(H2,30,31,33,36). The normalized spacial score (nSPS) is 11.5. The Morgan fingerprint density at radius 3 is 2.50 bits per heavy atom. The Kier molecular flexibility index (Phi) is 7.32. The highest BCUT2D eigenvalue weighted by Crippen LogP contribution is 2.30. The first-order chi connectivity index (χ1) is 17.0. The molecule has 6 nitrogen and oxygen atoms in total. The predicted octanol–water partition coefficient (Wildman–Crippen LogP) is 6.41. The van der Waals surface area contributed by atoms with Crippen LogP contribution in [0.25, 0.3) is 0 Å². The first-order valence-electron chi connectivity index (χ1n) is 10.8. The predicted molar refractivity (Wildman–Crippen MR) is 135 cm³/mol. The van der Waals surface area contributed by atoms with Crippen LogP contribution in [0.2, 0.25) is 5.02 Å². The van der Waals surface area contributed by atoms with Gasteiger partial charge in [-0.3, -0.25) is 9.36 Å². The third-order valence-corrected chi connectivity index (χ3v) is 6.03. The summed E-state index contributed by atoms with van der Waals surface area (Å²) in [7, 11) is 0. The summed E-state index contributed by atoms with van der Waals surface area (Å²) in [6.07, 6.45) is -2.75. The van der Waals surface area contributed by atoms with E-state index in [0.717, 1.165) is 12.1 Å². The Hall–Kier alpha value is -3.44. The second-order valence-electron chi connectivity index (χ2n) is 8.08. The first-order valence-corrected chi connectivity index (χ1v) is 11.5.